The molecule has 0 spiro atoms. The van der Waals surface area contributed by atoms with Gasteiger partial charge in [-0.1, -0.05) is 12.1 Å². The first-order chi connectivity index (χ1) is 11.5. The lowest BCUT2D eigenvalue weighted by molar-refractivity contribution is -0.115. The Morgan fingerprint density at radius 1 is 1.25 bits per heavy atom. The predicted octanol–water partition coefficient (Wildman–Crippen LogP) is 3.49. The molecule has 0 unspecified atom stereocenters. The van der Waals surface area contributed by atoms with E-state index in [1.54, 1.807) is 6.20 Å². The Bertz CT molecular complexity index is 947. The molecule has 1 amide bonds. The van der Waals surface area contributed by atoms with Crippen LogP contribution in [0.25, 0.3) is 10.9 Å². The standard InChI is InChI=1S/C18H15FN2O3/c1-10-3-2-4-14-17(10)12(9-20-14)8-16(22)21-15-7-11(18(23)24)5-6-13(15)19/h2-7,9,20H,8H2,1H3,(H,21,22)(H,23,24). The quantitative estimate of drug-likeness (QED) is 0.686. The number of amides is 1. The zero-order valence-electron chi connectivity index (χ0n) is 12.9. The number of hydrogen-bond donors (Lipinski definition) is 3. The molecule has 24 heavy (non-hydrogen) atoms. The van der Waals surface area contributed by atoms with Crippen molar-refractivity contribution in [1.82, 2.24) is 4.98 Å². The molecule has 0 atom stereocenters. The highest BCUT2D eigenvalue weighted by atomic mass is 19.1. The fourth-order valence-corrected chi connectivity index (χ4v) is 2.71. The average molecular weight is 326 g/mol. The highest BCUT2D eigenvalue weighted by Crippen LogP contribution is 2.23. The summed E-state index contributed by atoms with van der Waals surface area (Å²) in [5.74, 6) is -2.28. The molecule has 0 fully saturated rings. The van der Waals surface area contributed by atoms with E-state index < -0.39 is 17.7 Å². The van der Waals surface area contributed by atoms with Gasteiger partial charge in [-0.2, -0.15) is 0 Å². The molecule has 0 aliphatic carbocycles. The van der Waals surface area contributed by atoms with Crippen LogP contribution in [0.5, 0.6) is 0 Å². The number of fused-ring (bicyclic) bond motifs is 1. The highest BCUT2D eigenvalue weighted by Gasteiger charge is 2.14. The minimum atomic E-state index is -1.18. The number of anilines is 1. The van der Waals surface area contributed by atoms with E-state index in [-0.39, 0.29) is 17.7 Å². The molecule has 0 aliphatic rings. The van der Waals surface area contributed by atoms with Gasteiger partial charge < -0.3 is 15.4 Å². The van der Waals surface area contributed by atoms with Gasteiger partial charge in [0, 0.05) is 17.1 Å². The van der Waals surface area contributed by atoms with E-state index in [0.29, 0.717) is 0 Å². The molecular weight excluding hydrogens is 311 g/mol. The first kappa shape index (κ1) is 15.7. The topological polar surface area (TPSA) is 82.2 Å². The second kappa shape index (κ2) is 6.16. The van der Waals surface area contributed by atoms with Crippen molar-refractivity contribution >= 4 is 28.5 Å². The van der Waals surface area contributed by atoms with Gasteiger partial charge in [0.2, 0.25) is 5.91 Å². The number of halogens is 1. The molecule has 1 aromatic heterocycles. The van der Waals surface area contributed by atoms with Crippen molar-refractivity contribution in [3.8, 4) is 0 Å². The number of aromatic amines is 1. The minimum Gasteiger partial charge on any atom is -0.478 e. The van der Waals surface area contributed by atoms with E-state index in [9.17, 15) is 14.0 Å². The number of hydrogen-bond acceptors (Lipinski definition) is 2. The Kier molecular flexibility index (Phi) is 4.04. The Hall–Kier alpha value is -3.15. The Labute approximate surface area is 137 Å². The fraction of sp³-hybridized carbons (Fsp3) is 0.111. The van der Waals surface area contributed by atoms with Crippen LogP contribution in [0.15, 0.2) is 42.6 Å². The third kappa shape index (κ3) is 2.99. The zero-order chi connectivity index (χ0) is 17.3. The fourth-order valence-electron chi connectivity index (χ4n) is 2.71. The summed E-state index contributed by atoms with van der Waals surface area (Å²) in [6, 6.07) is 9.07. The second-order valence-electron chi connectivity index (χ2n) is 5.54. The van der Waals surface area contributed by atoms with Crippen molar-refractivity contribution in [2.24, 2.45) is 0 Å². The first-order valence-corrected chi connectivity index (χ1v) is 7.34. The predicted molar refractivity (Wildman–Crippen MR) is 88.7 cm³/mol. The minimum absolute atomic E-state index is 0.0571. The smallest absolute Gasteiger partial charge is 0.335 e. The largest absolute Gasteiger partial charge is 0.478 e. The van der Waals surface area contributed by atoms with Crippen LogP contribution in [0.2, 0.25) is 0 Å². The summed E-state index contributed by atoms with van der Waals surface area (Å²) in [4.78, 5) is 26.3. The molecule has 2 aromatic carbocycles. The number of carbonyl (C=O) groups is 2. The van der Waals surface area contributed by atoms with Crippen molar-refractivity contribution in [1.29, 1.82) is 0 Å². The number of carboxylic acids is 1. The van der Waals surface area contributed by atoms with Crippen molar-refractivity contribution in [3.63, 3.8) is 0 Å². The molecule has 122 valence electrons. The number of nitrogens with one attached hydrogen (secondary N) is 2. The van der Waals surface area contributed by atoms with Crippen LogP contribution < -0.4 is 5.32 Å². The van der Waals surface area contributed by atoms with Crippen molar-refractivity contribution in [2.45, 2.75) is 13.3 Å². The van der Waals surface area contributed by atoms with E-state index in [1.165, 1.54) is 0 Å². The summed E-state index contributed by atoms with van der Waals surface area (Å²) in [5, 5.41) is 12.4. The molecular formula is C18H15FN2O3. The average Bonchev–Trinajstić information content (AvgIpc) is 2.93. The highest BCUT2D eigenvalue weighted by molar-refractivity contribution is 5.97. The third-order valence-corrected chi connectivity index (χ3v) is 3.83. The van der Waals surface area contributed by atoms with Gasteiger partial charge in [-0.3, -0.25) is 4.79 Å². The van der Waals surface area contributed by atoms with E-state index in [2.05, 4.69) is 10.3 Å². The van der Waals surface area contributed by atoms with Gasteiger partial charge in [0.15, 0.2) is 0 Å². The van der Waals surface area contributed by atoms with Crippen LogP contribution in [0, 0.1) is 12.7 Å². The monoisotopic (exact) mass is 326 g/mol. The van der Waals surface area contributed by atoms with Gasteiger partial charge in [-0.15, -0.1) is 0 Å². The first-order valence-electron chi connectivity index (χ1n) is 7.34. The van der Waals surface area contributed by atoms with Gasteiger partial charge >= 0.3 is 5.97 Å². The molecule has 3 rings (SSSR count). The summed E-state index contributed by atoms with van der Waals surface area (Å²) in [5.41, 5.74) is 2.54. The normalized spacial score (nSPS) is 10.8. The summed E-state index contributed by atoms with van der Waals surface area (Å²) in [6.07, 6.45) is 1.81. The van der Waals surface area contributed by atoms with E-state index in [0.717, 1.165) is 40.2 Å². The maximum absolute atomic E-state index is 13.8. The number of aryl methyl sites for hydroxylation is 1. The summed E-state index contributed by atoms with van der Waals surface area (Å²) < 4.78 is 13.8. The van der Waals surface area contributed by atoms with E-state index in [4.69, 9.17) is 5.11 Å². The van der Waals surface area contributed by atoms with Crippen LogP contribution >= 0.6 is 0 Å². The molecule has 0 aliphatic heterocycles. The number of carbonyl (C=O) groups excluding carboxylic acids is 1. The molecule has 0 radical (unpaired) electrons. The Balaban J connectivity index is 1.83. The van der Waals surface area contributed by atoms with E-state index in [1.807, 2.05) is 25.1 Å². The SMILES string of the molecule is Cc1cccc2[nH]cc(CC(=O)Nc3cc(C(=O)O)ccc3F)c12. The molecule has 0 saturated heterocycles. The molecule has 0 saturated carbocycles. The molecule has 0 bridgehead atoms. The van der Waals surface area contributed by atoms with Crippen LogP contribution in [-0.4, -0.2) is 22.0 Å². The molecule has 3 N–H and O–H groups in total. The van der Waals surface area contributed by atoms with E-state index >= 15 is 0 Å². The Morgan fingerprint density at radius 3 is 2.79 bits per heavy atom. The second-order valence-corrected chi connectivity index (χ2v) is 5.54. The number of aromatic nitrogens is 1. The summed E-state index contributed by atoms with van der Waals surface area (Å²) in [6.45, 7) is 1.95. The van der Waals surface area contributed by atoms with Gasteiger partial charge in [0.05, 0.1) is 17.7 Å². The number of rotatable bonds is 4. The summed E-state index contributed by atoms with van der Waals surface area (Å²) in [7, 11) is 0. The lowest BCUT2D eigenvalue weighted by Crippen LogP contribution is -2.16. The van der Waals surface area contributed by atoms with Crippen molar-refractivity contribution in [2.75, 3.05) is 5.32 Å². The molecule has 1 heterocycles. The third-order valence-electron chi connectivity index (χ3n) is 3.83. The van der Waals surface area contributed by atoms with Gasteiger partial charge in [-0.05, 0) is 42.3 Å². The van der Waals surface area contributed by atoms with Gasteiger partial charge in [0.25, 0.3) is 0 Å². The lowest BCUT2D eigenvalue weighted by Gasteiger charge is -2.07. The molecule has 5 nitrogen and oxygen atoms in total. The van der Waals surface area contributed by atoms with Gasteiger partial charge in [-0.25, -0.2) is 9.18 Å². The molecule has 6 heteroatoms. The number of aromatic carboxylic acids is 1. The number of H-pyrrole nitrogens is 1. The van der Waals surface area contributed by atoms with Crippen LogP contribution in [-0.2, 0) is 11.2 Å². The summed E-state index contributed by atoms with van der Waals surface area (Å²) >= 11 is 0. The van der Waals surface area contributed by atoms with Crippen LogP contribution in [0.3, 0.4) is 0 Å². The maximum atomic E-state index is 13.8. The Morgan fingerprint density at radius 2 is 2.04 bits per heavy atom. The lowest BCUT2D eigenvalue weighted by atomic mass is 10.1. The zero-order valence-corrected chi connectivity index (χ0v) is 12.9. The molecule has 3 aromatic rings. The van der Waals surface area contributed by atoms with Crippen LogP contribution in [0.4, 0.5) is 10.1 Å². The number of benzene rings is 2. The van der Waals surface area contributed by atoms with Gasteiger partial charge in [0.1, 0.15) is 5.82 Å². The maximum Gasteiger partial charge on any atom is 0.335 e. The van der Waals surface area contributed by atoms with Crippen molar-refractivity contribution in [3.05, 3.63) is 65.1 Å². The van der Waals surface area contributed by atoms with Crippen LogP contribution in [0.1, 0.15) is 21.5 Å². The van der Waals surface area contributed by atoms with Crippen molar-refractivity contribution < 1.29 is 19.1 Å². The number of carboxylic acid groups (broad SMARTS) is 1.